The van der Waals surface area contributed by atoms with Gasteiger partial charge in [0.25, 0.3) is 5.91 Å². The highest BCUT2D eigenvalue weighted by molar-refractivity contribution is 6.32. The largest absolute Gasteiger partial charge is 0.486 e. The number of anilines is 1. The van der Waals surface area contributed by atoms with Gasteiger partial charge in [-0.1, -0.05) is 35.9 Å². The molecule has 3 aromatic carbocycles. The molecule has 0 bridgehead atoms. The fourth-order valence-corrected chi connectivity index (χ4v) is 3.83. The summed E-state index contributed by atoms with van der Waals surface area (Å²) in [4.78, 5) is 26.4. The molecule has 0 spiro atoms. The van der Waals surface area contributed by atoms with Crippen molar-refractivity contribution in [1.29, 1.82) is 0 Å². The molecule has 1 aromatic heterocycles. The molecule has 0 saturated carbocycles. The maximum Gasteiger partial charge on any atom is 0.265 e. The van der Waals surface area contributed by atoms with E-state index >= 15 is 0 Å². The molecule has 1 N–H and O–H groups in total. The number of amides is 1. The van der Waals surface area contributed by atoms with E-state index in [9.17, 15) is 9.59 Å². The van der Waals surface area contributed by atoms with Crippen molar-refractivity contribution < 1.29 is 28.2 Å². The Hall–Kier alpha value is -3.97. The van der Waals surface area contributed by atoms with Gasteiger partial charge in [0.1, 0.15) is 24.5 Å². The standard InChI is InChI=1S/C26H20ClNO6/c1-15(33-20-9-5-3-7-18(20)27)26(30)28-23-17-6-2-4-8-19(17)34-25(23)24(29)16-10-11-21-22(14-16)32-13-12-31-21/h2-11,14-15H,12-13H2,1H3,(H,28,30). The highest BCUT2D eigenvalue weighted by Gasteiger charge is 2.27. The van der Waals surface area contributed by atoms with Crippen LogP contribution in [0.1, 0.15) is 23.0 Å². The zero-order chi connectivity index (χ0) is 23.7. The molecule has 34 heavy (non-hydrogen) atoms. The molecule has 8 heteroatoms. The number of nitrogens with one attached hydrogen (secondary N) is 1. The van der Waals surface area contributed by atoms with Crippen LogP contribution in [0.2, 0.25) is 5.02 Å². The lowest BCUT2D eigenvalue weighted by Gasteiger charge is -2.18. The van der Waals surface area contributed by atoms with E-state index in [1.54, 1.807) is 73.7 Å². The molecule has 172 valence electrons. The van der Waals surface area contributed by atoms with E-state index in [1.807, 2.05) is 0 Å². The molecule has 7 nitrogen and oxygen atoms in total. The number of rotatable bonds is 6. The van der Waals surface area contributed by atoms with Crippen LogP contribution in [-0.4, -0.2) is 31.0 Å². The first-order valence-corrected chi connectivity index (χ1v) is 11.1. The van der Waals surface area contributed by atoms with Crippen molar-refractivity contribution in [3.05, 3.63) is 83.1 Å². The van der Waals surface area contributed by atoms with Crippen LogP contribution >= 0.6 is 11.6 Å². The van der Waals surface area contributed by atoms with Gasteiger partial charge in [-0.3, -0.25) is 9.59 Å². The summed E-state index contributed by atoms with van der Waals surface area (Å²) in [6.07, 6.45) is -0.884. The first-order valence-electron chi connectivity index (χ1n) is 10.7. The van der Waals surface area contributed by atoms with Crippen LogP contribution in [0.3, 0.4) is 0 Å². The minimum Gasteiger partial charge on any atom is -0.486 e. The lowest BCUT2D eigenvalue weighted by atomic mass is 10.1. The third-order valence-electron chi connectivity index (χ3n) is 5.36. The number of hydrogen-bond acceptors (Lipinski definition) is 6. The molecule has 1 unspecified atom stereocenters. The molecule has 1 aliphatic rings. The summed E-state index contributed by atoms with van der Waals surface area (Å²) in [7, 11) is 0. The fourth-order valence-electron chi connectivity index (χ4n) is 3.65. The van der Waals surface area contributed by atoms with Crippen LogP contribution in [0.4, 0.5) is 5.69 Å². The van der Waals surface area contributed by atoms with Gasteiger partial charge in [0.2, 0.25) is 5.78 Å². The first-order chi connectivity index (χ1) is 16.5. The number of ketones is 1. The maximum absolute atomic E-state index is 13.4. The molecule has 1 atom stereocenters. The van der Waals surface area contributed by atoms with E-state index in [0.29, 0.717) is 52.0 Å². The van der Waals surface area contributed by atoms with Gasteiger partial charge in [0.05, 0.1) is 10.7 Å². The molecule has 4 aromatic rings. The van der Waals surface area contributed by atoms with Crippen molar-refractivity contribution in [3.8, 4) is 17.2 Å². The second kappa shape index (κ2) is 9.11. The summed E-state index contributed by atoms with van der Waals surface area (Å²) < 4.78 is 22.7. The molecular weight excluding hydrogens is 458 g/mol. The smallest absolute Gasteiger partial charge is 0.265 e. The Morgan fingerprint density at radius 3 is 2.53 bits per heavy atom. The van der Waals surface area contributed by atoms with Crippen molar-refractivity contribution in [3.63, 3.8) is 0 Å². The minimum absolute atomic E-state index is 0.0103. The first kappa shape index (κ1) is 21.9. The molecule has 1 aliphatic heterocycles. The van der Waals surface area contributed by atoms with Crippen molar-refractivity contribution in [2.45, 2.75) is 13.0 Å². The summed E-state index contributed by atoms with van der Waals surface area (Å²) in [6, 6.07) is 18.9. The van der Waals surface area contributed by atoms with E-state index in [1.165, 1.54) is 0 Å². The third-order valence-corrected chi connectivity index (χ3v) is 5.68. The Balaban J connectivity index is 1.46. The Kier molecular flexibility index (Phi) is 5.86. The van der Waals surface area contributed by atoms with Gasteiger partial charge in [-0.15, -0.1) is 0 Å². The Morgan fingerprint density at radius 2 is 1.71 bits per heavy atom. The summed E-state index contributed by atoms with van der Waals surface area (Å²) in [5.41, 5.74) is 1.09. The normalized spacial score (nSPS) is 13.4. The molecule has 5 rings (SSSR count). The van der Waals surface area contributed by atoms with Crippen LogP contribution in [0.25, 0.3) is 11.0 Å². The van der Waals surface area contributed by atoms with E-state index in [4.69, 9.17) is 30.2 Å². The summed E-state index contributed by atoms with van der Waals surface area (Å²) in [5.74, 6) is 0.602. The number of halogens is 1. The van der Waals surface area contributed by atoms with Gasteiger partial charge in [-0.05, 0) is 49.4 Å². The summed E-state index contributed by atoms with van der Waals surface area (Å²) in [5, 5.41) is 3.80. The summed E-state index contributed by atoms with van der Waals surface area (Å²) in [6.45, 7) is 2.46. The molecule has 0 saturated heterocycles. The van der Waals surface area contributed by atoms with Gasteiger partial charge >= 0.3 is 0 Å². The van der Waals surface area contributed by atoms with Crippen LogP contribution in [0.15, 0.2) is 71.1 Å². The summed E-state index contributed by atoms with van der Waals surface area (Å²) >= 11 is 6.14. The van der Waals surface area contributed by atoms with Crippen LogP contribution in [0, 0.1) is 0 Å². The van der Waals surface area contributed by atoms with Crippen molar-refractivity contribution in [2.24, 2.45) is 0 Å². The number of benzene rings is 3. The van der Waals surface area contributed by atoms with Crippen LogP contribution < -0.4 is 19.5 Å². The van der Waals surface area contributed by atoms with Crippen molar-refractivity contribution >= 4 is 39.9 Å². The predicted octanol–water partition coefficient (Wildman–Crippen LogP) is 5.49. The molecule has 0 aliphatic carbocycles. The number of para-hydroxylation sites is 2. The monoisotopic (exact) mass is 477 g/mol. The third kappa shape index (κ3) is 4.18. The average Bonchev–Trinajstić information content (AvgIpc) is 3.23. The van der Waals surface area contributed by atoms with E-state index < -0.39 is 17.8 Å². The average molecular weight is 478 g/mol. The number of carbonyl (C=O) groups is 2. The van der Waals surface area contributed by atoms with Gasteiger partial charge in [0.15, 0.2) is 23.4 Å². The van der Waals surface area contributed by atoms with Gasteiger partial charge < -0.3 is 23.9 Å². The highest BCUT2D eigenvalue weighted by Crippen LogP contribution is 2.36. The topological polar surface area (TPSA) is 87.0 Å². The van der Waals surface area contributed by atoms with Crippen LogP contribution in [-0.2, 0) is 4.79 Å². The van der Waals surface area contributed by atoms with Crippen molar-refractivity contribution in [2.75, 3.05) is 18.5 Å². The molecule has 0 fully saturated rings. The maximum atomic E-state index is 13.4. The Bertz CT molecular complexity index is 1400. The Morgan fingerprint density at radius 1 is 0.971 bits per heavy atom. The van der Waals surface area contributed by atoms with Crippen LogP contribution in [0.5, 0.6) is 17.2 Å². The lowest BCUT2D eigenvalue weighted by molar-refractivity contribution is -0.122. The zero-order valence-electron chi connectivity index (χ0n) is 18.2. The fraction of sp³-hybridized carbons (Fsp3) is 0.154. The quantitative estimate of drug-likeness (QED) is 0.369. The second-order valence-electron chi connectivity index (χ2n) is 7.67. The Labute approximate surface area is 200 Å². The SMILES string of the molecule is CC(Oc1ccccc1Cl)C(=O)Nc1c(C(=O)c2ccc3c(c2)OCCO3)oc2ccccc12. The number of hydrogen-bond donors (Lipinski definition) is 1. The number of ether oxygens (including phenoxy) is 3. The van der Waals surface area contributed by atoms with E-state index in [2.05, 4.69) is 5.32 Å². The predicted molar refractivity (Wildman–Crippen MR) is 127 cm³/mol. The van der Waals surface area contributed by atoms with Crippen molar-refractivity contribution in [1.82, 2.24) is 0 Å². The minimum atomic E-state index is -0.884. The number of fused-ring (bicyclic) bond motifs is 2. The molecule has 2 heterocycles. The molecule has 1 amide bonds. The second-order valence-corrected chi connectivity index (χ2v) is 8.08. The van der Waals surface area contributed by atoms with Gasteiger partial charge in [0, 0.05) is 10.9 Å². The van der Waals surface area contributed by atoms with Gasteiger partial charge in [-0.25, -0.2) is 0 Å². The van der Waals surface area contributed by atoms with E-state index in [0.717, 1.165) is 0 Å². The highest BCUT2D eigenvalue weighted by atomic mass is 35.5. The zero-order valence-corrected chi connectivity index (χ0v) is 18.9. The van der Waals surface area contributed by atoms with Gasteiger partial charge in [-0.2, -0.15) is 0 Å². The molecule has 0 radical (unpaired) electrons. The van der Waals surface area contributed by atoms with E-state index in [-0.39, 0.29) is 11.4 Å². The number of furan rings is 1. The molecular formula is C26H20ClNO6. The lowest BCUT2D eigenvalue weighted by Crippen LogP contribution is -2.30. The number of carbonyl (C=O) groups excluding carboxylic acids is 2.